The van der Waals surface area contributed by atoms with Gasteiger partial charge in [-0.25, -0.2) is 4.98 Å². The Kier molecular flexibility index (Phi) is 6.03. The van der Waals surface area contributed by atoms with E-state index in [0.29, 0.717) is 12.6 Å². The van der Waals surface area contributed by atoms with E-state index in [9.17, 15) is 4.79 Å². The van der Waals surface area contributed by atoms with Crippen LogP contribution in [0.2, 0.25) is 0 Å². The highest BCUT2D eigenvalue weighted by Crippen LogP contribution is 2.45. The third-order valence-corrected chi connectivity index (χ3v) is 8.21. The van der Waals surface area contributed by atoms with Crippen molar-refractivity contribution in [3.8, 4) is 5.75 Å². The van der Waals surface area contributed by atoms with Gasteiger partial charge in [-0.15, -0.1) is 11.3 Å². The number of primary amides is 1. The van der Waals surface area contributed by atoms with Crippen LogP contribution in [0, 0.1) is 17.8 Å². The minimum Gasteiger partial charge on any atom is -0.492 e. The molecule has 35 heavy (non-hydrogen) atoms. The van der Waals surface area contributed by atoms with Gasteiger partial charge in [0.25, 0.3) is 0 Å². The molecule has 1 saturated heterocycles. The van der Waals surface area contributed by atoms with Crippen molar-refractivity contribution in [1.82, 2.24) is 14.9 Å². The van der Waals surface area contributed by atoms with Gasteiger partial charge in [-0.1, -0.05) is 12.2 Å². The zero-order chi connectivity index (χ0) is 23.8. The smallest absolute Gasteiger partial charge is 0.230 e. The maximum atomic E-state index is 12.2. The quantitative estimate of drug-likeness (QED) is 0.389. The van der Waals surface area contributed by atoms with Gasteiger partial charge in [-0.2, -0.15) is 4.98 Å². The van der Waals surface area contributed by atoms with Crippen LogP contribution >= 0.6 is 11.3 Å². The number of ether oxygens (including phenoxy) is 1. The van der Waals surface area contributed by atoms with E-state index in [0.717, 1.165) is 40.4 Å². The van der Waals surface area contributed by atoms with Crippen LogP contribution in [-0.2, 0) is 4.79 Å². The molecule has 0 spiro atoms. The molecule has 2 aliphatic carbocycles. The van der Waals surface area contributed by atoms with E-state index in [2.05, 4.69) is 27.7 Å². The van der Waals surface area contributed by atoms with Crippen molar-refractivity contribution in [3.63, 3.8) is 0 Å². The number of thiophene rings is 1. The number of allylic oxidation sites excluding steroid dienone is 1. The molecular formula is C26H30N6O2S. The Bertz CT molecular complexity index is 1240. The molecule has 2 aromatic heterocycles. The second-order valence-electron chi connectivity index (χ2n) is 9.63. The van der Waals surface area contributed by atoms with Gasteiger partial charge in [0, 0.05) is 18.3 Å². The van der Waals surface area contributed by atoms with E-state index in [4.69, 9.17) is 20.4 Å². The predicted octanol–water partition coefficient (Wildman–Crippen LogP) is 4.00. The van der Waals surface area contributed by atoms with Gasteiger partial charge < -0.3 is 21.1 Å². The Hall–Kier alpha value is -3.17. The summed E-state index contributed by atoms with van der Waals surface area (Å²) >= 11 is 1.57. The highest BCUT2D eigenvalue weighted by molar-refractivity contribution is 7.16. The molecule has 3 aromatic rings. The zero-order valence-electron chi connectivity index (χ0n) is 19.5. The molecular weight excluding hydrogens is 460 g/mol. The average molecular weight is 491 g/mol. The van der Waals surface area contributed by atoms with Crippen LogP contribution in [0.25, 0.3) is 10.2 Å². The van der Waals surface area contributed by atoms with Gasteiger partial charge in [0.1, 0.15) is 23.0 Å². The van der Waals surface area contributed by atoms with Crippen molar-refractivity contribution in [3.05, 3.63) is 47.9 Å². The molecule has 9 heteroatoms. The topological polar surface area (TPSA) is 105 Å². The van der Waals surface area contributed by atoms with Crippen molar-refractivity contribution in [2.75, 3.05) is 36.9 Å². The molecule has 3 aliphatic rings. The van der Waals surface area contributed by atoms with E-state index < -0.39 is 0 Å². The Labute approximate surface area is 208 Å². The second-order valence-corrected chi connectivity index (χ2v) is 10.5. The maximum Gasteiger partial charge on any atom is 0.230 e. The first-order chi connectivity index (χ1) is 17.1. The van der Waals surface area contributed by atoms with Crippen LogP contribution in [0.1, 0.15) is 19.3 Å². The highest BCUT2D eigenvalue weighted by Gasteiger charge is 2.47. The Balaban J connectivity index is 1.15. The summed E-state index contributed by atoms with van der Waals surface area (Å²) in [5.41, 5.74) is 6.64. The number of nitrogens with two attached hydrogens (primary N) is 1. The Morgan fingerprint density at radius 3 is 2.71 bits per heavy atom. The van der Waals surface area contributed by atoms with Crippen LogP contribution in [0.5, 0.6) is 5.75 Å². The summed E-state index contributed by atoms with van der Waals surface area (Å²) in [4.78, 5) is 25.0. The lowest BCUT2D eigenvalue weighted by atomic mass is 9.88. The Morgan fingerprint density at radius 1 is 1.11 bits per heavy atom. The average Bonchev–Trinajstić information content (AvgIpc) is 3.65. The van der Waals surface area contributed by atoms with Crippen molar-refractivity contribution in [2.24, 2.45) is 23.5 Å². The number of amides is 1. The van der Waals surface area contributed by atoms with Crippen LogP contribution < -0.4 is 21.1 Å². The number of carbonyl (C=O) groups is 1. The summed E-state index contributed by atoms with van der Waals surface area (Å²) in [5, 5.41) is 9.84. The summed E-state index contributed by atoms with van der Waals surface area (Å²) in [7, 11) is 0. The lowest BCUT2D eigenvalue weighted by Crippen LogP contribution is -2.41. The summed E-state index contributed by atoms with van der Waals surface area (Å²) in [6.07, 6.45) is 7.87. The van der Waals surface area contributed by atoms with Crippen LogP contribution in [-0.4, -0.2) is 53.1 Å². The van der Waals surface area contributed by atoms with Crippen molar-refractivity contribution < 1.29 is 9.53 Å². The van der Waals surface area contributed by atoms with E-state index in [1.807, 2.05) is 35.7 Å². The molecule has 6 rings (SSSR count). The molecule has 8 nitrogen and oxygen atoms in total. The highest BCUT2D eigenvalue weighted by atomic mass is 32.1. The molecule has 0 radical (unpaired) electrons. The molecule has 1 amide bonds. The molecule has 2 unspecified atom stereocenters. The third-order valence-electron chi connectivity index (χ3n) is 7.40. The van der Waals surface area contributed by atoms with Crippen LogP contribution in [0.15, 0.2) is 47.9 Å². The fourth-order valence-electron chi connectivity index (χ4n) is 5.65. The van der Waals surface area contributed by atoms with Gasteiger partial charge in [0.2, 0.25) is 11.9 Å². The first-order valence-corrected chi connectivity index (χ1v) is 13.2. The summed E-state index contributed by atoms with van der Waals surface area (Å²) in [6, 6.07) is 9.85. The van der Waals surface area contributed by atoms with E-state index >= 15 is 0 Å². The van der Waals surface area contributed by atoms with Gasteiger partial charge in [0.15, 0.2) is 0 Å². The first-order valence-electron chi connectivity index (χ1n) is 12.4. The molecule has 1 aromatic carbocycles. The number of aromatic nitrogens is 2. The number of rotatable bonds is 9. The largest absolute Gasteiger partial charge is 0.492 e. The number of nitrogens with one attached hydrogen (secondary N) is 2. The van der Waals surface area contributed by atoms with Crippen molar-refractivity contribution >= 4 is 44.9 Å². The SMILES string of the molecule is NC(=O)[C@H]1C2C=CC(C2)[C@@H]1Nc1nc(Nc2ccc(OCCN3CCCC3)cc2)nc2sccc12. The molecule has 3 heterocycles. The second kappa shape index (κ2) is 9.47. The monoisotopic (exact) mass is 490 g/mol. The Morgan fingerprint density at radius 2 is 1.91 bits per heavy atom. The predicted molar refractivity (Wildman–Crippen MR) is 139 cm³/mol. The van der Waals surface area contributed by atoms with Gasteiger partial charge in [-0.05, 0) is 79.9 Å². The molecule has 1 aliphatic heterocycles. The maximum absolute atomic E-state index is 12.2. The van der Waals surface area contributed by atoms with Crippen LogP contribution in [0.4, 0.5) is 17.5 Å². The fraction of sp³-hybridized carbons (Fsp3) is 0.423. The fourth-order valence-corrected chi connectivity index (χ4v) is 6.41. The van der Waals surface area contributed by atoms with Gasteiger partial charge in [0.05, 0.1) is 11.3 Å². The number of carbonyl (C=O) groups excluding carboxylic acids is 1. The number of anilines is 3. The van der Waals surface area contributed by atoms with Crippen molar-refractivity contribution in [1.29, 1.82) is 0 Å². The number of hydrogen-bond acceptors (Lipinski definition) is 8. The minimum absolute atomic E-state index is 0.0506. The molecule has 1 saturated carbocycles. The normalized spacial score (nSPS) is 25.4. The summed E-state index contributed by atoms with van der Waals surface area (Å²) < 4.78 is 5.92. The van der Waals surface area contributed by atoms with Gasteiger partial charge in [-0.3, -0.25) is 9.69 Å². The zero-order valence-corrected chi connectivity index (χ0v) is 20.3. The molecule has 2 fully saturated rings. The van der Waals surface area contributed by atoms with E-state index in [1.165, 1.54) is 25.9 Å². The molecule has 4 atom stereocenters. The lowest BCUT2D eigenvalue weighted by Gasteiger charge is -2.27. The number of likely N-dealkylation sites (tertiary alicyclic amines) is 1. The van der Waals surface area contributed by atoms with Gasteiger partial charge >= 0.3 is 0 Å². The van der Waals surface area contributed by atoms with E-state index in [-0.39, 0.29) is 29.7 Å². The number of fused-ring (bicyclic) bond motifs is 3. The molecule has 2 bridgehead atoms. The number of hydrogen-bond donors (Lipinski definition) is 3. The molecule has 182 valence electrons. The summed E-state index contributed by atoms with van der Waals surface area (Å²) in [6.45, 7) is 4.03. The van der Waals surface area contributed by atoms with E-state index in [1.54, 1.807) is 11.3 Å². The minimum atomic E-state index is -0.254. The molecule has 4 N–H and O–H groups in total. The number of benzene rings is 1. The summed E-state index contributed by atoms with van der Waals surface area (Å²) in [5.74, 6) is 2.13. The number of nitrogens with zero attached hydrogens (tertiary/aromatic N) is 3. The standard InChI is InChI=1S/C26H30N6O2S/c27-23(33)21-16-3-4-17(15-16)22(21)29-24-20-9-14-35-25(20)31-26(30-24)28-18-5-7-19(8-6-18)34-13-12-32-10-1-2-11-32/h3-9,14,16-17,21-22H,1-2,10-13,15H2,(H2,27,33)(H2,28,29,30,31)/t16?,17?,21-,22-/m0/s1. The van der Waals surface area contributed by atoms with Crippen LogP contribution in [0.3, 0.4) is 0 Å². The first kappa shape index (κ1) is 22.3. The van der Waals surface area contributed by atoms with Crippen molar-refractivity contribution in [2.45, 2.75) is 25.3 Å². The lowest BCUT2D eigenvalue weighted by molar-refractivity contribution is -0.122. The third kappa shape index (κ3) is 4.58.